The first-order valence-electron chi connectivity index (χ1n) is 12.4. The van der Waals surface area contributed by atoms with Gasteiger partial charge in [-0.25, -0.2) is 13.2 Å². The number of fused-ring (bicyclic) bond motifs is 6. The zero-order valence-corrected chi connectivity index (χ0v) is 21.1. The number of hydrogen-bond donors (Lipinski definition) is 1. The number of hydrogen-bond acceptors (Lipinski definition) is 5. The van der Waals surface area contributed by atoms with Crippen LogP contribution < -0.4 is 14.2 Å². The Hall–Kier alpha value is -3.69. The quantitative estimate of drug-likeness (QED) is 0.309. The number of benzene rings is 3. The van der Waals surface area contributed by atoms with Crippen molar-refractivity contribution in [1.29, 1.82) is 0 Å². The maximum atomic E-state index is 13.6. The van der Waals surface area contributed by atoms with Crippen LogP contribution in [0.4, 0.5) is 13.2 Å². The van der Waals surface area contributed by atoms with E-state index in [4.69, 9.17) is 14.2 Å². The van der Waals surface area contributed by atoms with E-state index in [0.717, 1.165) is 65.0 Å². The van der Waals surface area contributed by atoms with Gasteiger partial charge in [0.25, 0.3) is 0 Å². The highest BCUT2D eigenvalue weighted by molar-refractivity contribution is 5.87. The van der Waals surface area contributed by atoms with Crippen molar-refractivity contribution in [1.82, 2.24) is 9.47 Å². The Morgan fingerprint density at radius 3 is 2.44 bits per heavy atom. The predicted octanol–water partition coefficient (Wildman–Crippen LogP) is 5.90. The maximum Gasteiger partial charge on any atom is 0.194 e. The van der Waals surface area contributed by atoms with E-state index in [1.54, 1.807) is 14.2 Å². The lowest BCUT2D eigenvalue weighted by molar-refractivity contribution is 0.145. The molecule has 0 radical (unpaired) electrons. The Kier molecular flexibility index (Phi) is 7.22. The zero-order valence-electron chi connectivity index (χ0n) is 21.1. The fourth-order valence-electron chi connectivity index (χ4n) is 5.85. The molecule has 1 unspecified atom stereocenters. The van der Waals surface area contributed by atoms with Gasteiger partial charge in [0.1, 0.15) is 19.1 Å². The van der Waals surface area contributed by atoms with Crippen LogP contribution in [0.5, 0.6) is 17.2 Å². The molecular formula is C30H31F3N2O4. The minimum atomic E-state index is -1.50. The zero-order chi connectivity index (χ0) is 26.6. The molecule has 39 heavy (non-hydrogen) atoms. The van der Waals surface area contributed by atoms with Crippen molar-refractivity contribution in [2.45, 2.75) is 46.2 Å². The third kappa shape index (κ3) is 4.49. The summed E-state index contributed by atoms with van der Waals surface area (Å²) in [5.74, 6) is -2.26. The van der Waals surface area contributed by atoms with Gasteiger partial charge in [-0.15, -0.1) is 0 Å². The number of nitrogens with zero attached hydrogens (tertiary/aromatic N) is 2. The Morgan fingerprint density at radius 2 is 1.74 bits per heavy atom. The lowest BCUT2D eigenvalue weighted by Crippen LogP contribution is -2.39. The van der Waals surface area contributed by atoms with Gasteiger partial charge in [-0.3, -0.25) is 4.90 Å². The van der Waals surface area contributed by atoms with Gasteiger partial charge in [0.2, 0.25) is 0 Å². The Bertz CT molecular complexity index is 1530. The number of aromatic nitrogens is 1. The molecule has 0 amide bonds. The maximum absolute atomic E-state index is 13.6. The standard InChI is InChI=1S/C29H27F3N2O4.CH4/c1-36-18-3-4-24-20(10-18)21-11-25-19-12-27(37-2)28(38-14-16-7-22(30)29(32)23(31)8-16)9-17(19)5-6-33(25)13-26(21)34(24)15-35;/h3-4,7-10,12,25,35H,5-6,11,13-15H2,1-2H3;1H4. The second kappa shape index (κ2) is 10.5. The summed E-state index contributed by atoms with van der Waals surface area (Å²) < 4.78 is 59.6. The highest BCUT2D eigenvalue weighted by Gasteiger charge is 2.36. The molecule has 3 heterocycles. The topological polar surface area (TPSA) is 56.1 Å². The first kappa shape index (κ1) is 26.9. The molecule has 1 atom stereocenters. The molecule has 0 bridgehead atoms. The van der Waals surface area contributed by atoms with Crippen LogP contribution in [-0.2, 0) is 32.7 Å². The molecule has 2 aliphatic heterocycles. The van der Waals surface area contributed by atoms with E-state index in [0.29, 0.717) is 18.0 Å². The first-order valence-corrected chi connectivity index (χ1v) is 12.4. The summed E-state index contributed by atoms with van der Waals surface area (Å²) in [5.41, 5.74) is 5.72. The Labute approximate surface area is 225 Å². The van der Waals surface area contributed by atoms with Gasteiger partial charge in [-0.1, -0.05) is 7.43 Å². The molecule has 3 aromatic carbocycles. The summed E-state index contributed by atoms with van der Waals surface area (Å²) in [4.78, 5) is 2.41. The van der Waals surface area contributed by atoms with Crippen LogP contribution in [0.25, 0.3) is 10.9 Å². The molecule has 1 aromatic heterocycles. The Morgan fingerprint density at radius 1 is 0.974 bits per heavy atom. The molecule has 1 N–H and O–H groups in total. The third-order valence-corrected chi connectivity index (χ3v) is 7.72. The highest BCUT2D eigenvalue weighted by atomic mass is 19.2. The van der Waals surface area contributed by atoms with Crippen molar-refractivity contribution in [2.24, 2.45) is 0 Å². The second-order valence-electron chi connectivity index (χ2n) is 9.68. The van der Waals surface area contributed by atoms with Gasteiger partial charge in [-0.05, 0) is 77.6 Å². The van der Waals surface area contributed by atoms with Gasteiger partial charge < -0.3 is 23.9 Å². The van der Waals surface area contributed by atoms with Crippen LogP contribution in [0.1, 0.15) is 41.4 Å². The molecule has 0 saturated carbocycles. The average molecular weight is 541 g/mol. The van der Waals surface area contributed by atoms with E-state index in [1.807, 2.05) is 34.9 Å². The molecule has 0 saturated heterocycles. The van der Waals surface area contributed by atoms with E-state index in [-0.39, 0.29) is 32.4 Å². The van der Waals surface area contributed by atoms with E-state index in [9.17, 15) is 18.3 Å². The molecule has 6 rings (SSSR count). The number of halogens is 3. The molecular weight excluding hydrogens is 509 g/mol. The van der Waals surface area contributed by atoms with Crippen LogP contribution in [0, 0.1) is 17.5 Å². The lowest BCUT2D eigenvalue weighted by atomic mass is 9.85. The largest absolute Gasteiger partial charge is 0.497 e. The molecule has 0 fully saturated rings. The molecule has 0 aliphatic carbocycles. The number of aliphatic hydroxyl groups is 1. The third-order valence-electron chi connectivity index (χ3n) is 7.72. The van der Waals surface area contributed by atoms with Crippen LogP contribution in [0.15, 0.2) is 42.5 Å². The summed E-state index contributed by atoms with van der Waals surface area (Å²) in [5, 5.41) is 11.2. The van der Waals surface area contributed by atoms with Crippen molar-refractivity contribution in [2.75, 3.05) is 20.8 Å². The molecule has 0 spiro atoms. The molecule has 6 nitrogen and oxygen atoms in total. The van der Waals surface area contributed by atoms with Crippen LogP contribution in [0.2, 0.25) is 0 Å². The van der Waals surface area contributed by atoms with Gasteiger partial charge in [0, 0.05) is 30.2 Å². The van der Waals surface area contributed by atoms with E-state index >= 15 is 0 Å². The van der Waals surface area contributed by atoms with Crippen molar-refractivity contribution in [3.05, 3.63) is 87.9 Å². The normalized spacial score (nSPS) is 16.2. The monoisotopic (exact) mass is 540 g/mol. The smallest absolute Gasteiger partial charge is 0.194 e. The van der Waals surface area contributed by atoms with E-state index < -0.39 is 17.5 Å². The summed E-state index contributed by atoms with van der Waals surface area (Å²) >= 11 is 0. The second-order valence-corrected chi connectivity index (χ2v) is 9.68. The van der Waals surface area contributed by atoms with Crippen LogP contribution in [0.3, 0.4) is 0 Å². The minimum absolute atomic E-state index is 0. The van der Waals surface area contributed by atoms with E-state index in [2.05, 4.69) is 4.90 Å². The van der Waals surface area contributed by atoms with Crippen molar-refractivity contribution in [3.63, 3.8) is 0 Å². The van der Waals surface area contributed by atoms with Gasteiger partial charge >= 0.3 is 0 Å². The number of rotatable bonds is 6. The molecule has 9 heteroatoms. The Balaban J connectivity index is 0.00000308. The molecule has 2 aliphatic rings. The van der Waals surface area contributed by atoms with Gasteiger partial charge in [0.15, 0.2) is 29.0 Å². The fourth-order valence-corrected chi connectivity index (χ4v) is 5.85. The summed E-state index contributed by atoms with van der Waals surface area (Å²) in [6.45, 7) is 1.31. The first-order chi connectivity index (χ1) is 18.4. The van der Waals surface area contributed by atoms with Gasteiger partial charge in [-0.2, -0.15) is 0 Å². The van der Waals surface area contributed by atoms with Crippen molar-refractivity contribution in [3.8, 4) is 17.2 Å². The number of methoxy groups -OCH3 is 2. The van der Waals surface area contributed by atoms with Crippen LogP contribution in [-0.4, -0.2) is 35.3 Å². The van der Waals surface area contributed by atoms with E-state index in [1.165, 1.54) is 5.56 Å². The summed E-state index contributed by atoms with van der Waals surface area (Å²) in [6, 6.07) is 11.8. The van der Waals surface area contributed by atoms with Crippen LogP contribution >= 0.6 is 0 Å². The SMILES string of the molecule is C.COc1ccc2c(c1)c1c(n2CO)CN2CCc3cc(OCc4cc(F)c(F)c(F)c4)c(OC)cc3C2C1. The minimum Gasteiger partial charge on any atom is -0.497 e. The van der Waals surface area contributed by atoms with Gasteiger partial charge in [0.05, 0.1) is 19.7 Å². The summed E-state index contributed by atoms with van der Waals surface area (Å²) in [6.07, 6.45) is 1.55. The number of ether oxygens (including phenoxy) is 3. The highest BCUT2D eigenvalue weighted by Crippen LogP contribution is 2.45. The lowest BCUT2D eigenvalue weighted by Gasteiger charge is -2.41. The fraction of sp³-hybridized carbons (Fsp3) is 0.333. The molecule has 206 valence electrons. The summed E-state index contributed by atoms with van der Waals surface area (Å²) in [7, 11) is 3.19. The predicted molar refractivity (Wildman–Crippen MR) is 142 cm³/mol. The molecule has 4 aromatic rings. The van der Waals surface area contributed by atoms with Crippen molar-refractivity contribution >= 4 is 10.9 Å². The average Bonchev–Trinajstić information content (AvgIpc) is 3.24. The number of aliphatic hydroxyl groups excluding tert-OH is 1. The van der Waals surface area contributed by atoms with Crippen molar-refractivity contribution < 1.29 is 32.5 Å².